The number of ether oxygens (including phenoxy) is 2. The van der Waals surface area contributed by atoms with Crippen LogP contribution in [0.15, 0.2) is 90.1 Å². The van der Waals surface area contributed by atoms with E-state index >= 15 is 0 Å². The highest BCUT2D eigenvalue weighted by Crippen LogP contribution is 2.28. The Morgan fingerprint density at radius 2 is 1.76 bits per heavy atom. The van der Waals surface area contributed by atoms with Crippen molar-refractivity contribution in [2.45, 2.75) is 6.92 Å². The standard InChI is InChI=1S/C28H22FN5O3/c1-18-4-8-21(14-27(18)36-19(2)5-9-22(17-31)32-3)33-28(35)34-26-15-24(12-13-25(26)29)37-23-10-6-20(16-30)7-11-23/h4-15H,2H2,1,3H3,(H2,33,34,35)/b9-5-,32-22+. The number of nitrogens with one attached hydrogen (secondary N) is 2. The van der Waals surface area contributed by atoms with Crippen molar-refractivity contribution < 1.29 is 18.7 Å². The minimum atomic E-state index is -0.680. The van der Waals surface area contributed by atoms with E-state index in [1.807, 2.05) is 19.1 Å². The van der Waals surface area contributed by atoms with E-state index in [1.54, 1.807) is 42.5 Å². The monoisotopic (exact) mass is 495 g/mol. The number of aliphatic imine (C=N–C) groups is 1. The number of allylic oxidation sites excluding steroid dienone is 2. The molecule has 9 heteroatoms. The summed E-state index contributed by atoms with van der Waals surface area (Å²) in [5.74, 6) is 0.804. The summed E-state index contributed by atoms with van der Waals surface area (Å²) >= 11 is 0. The summed E-state index contributed by atoms with van der Waals surface area (Å²) in [7, 11) is 1.50. The van der Waals surface area contributed by atoms with Crippen LogP contribution in [-0.4, -0.2) is 18.8 Å². The van der Waals surface area contributed by atoms with Crippen molar-refractivity contribution in [2.75, 3.05) is 17.7 Å². The molecule has 0 saturated carbocycles. The normalized spacial score (nSPS) is 10.8. The van der Waals surface area contributed by atoms with E-state index in [-0.39, 0.29) is 17.2 Å². The zero-order valence-corrected chi connectivity index (χ0v) is 20.1. The van der Waals surface area contributed by atoms with Crippen LogP contribution in [-0.2, 0) is 0 Å². The van der Waals surface area contributed by atoms with E-state index in [0.29, 0.717) is 28.5 Å². The topological polar surface area (TPSA) is 120 Å². The minimum Gasteiger partial charge on any atom is -0.458 e. The van der Waals surface area contributed by atoms with Gasteiger partial charge < -0.3 is 20.1 Å². The van der Waals surface area contributed by atoms with Crippen molar-refractivity contribution in [3.8, 4) is 29.4 Å². The van der Waals surface area contributed by atoms with E-state index in [0.717, 1.165) is 5.56 Å². The number of nitrogens with zero attached hydrogens (tertiary/aromatic N) is 3. The Hall–Kier alpha value is -5.41. The molecule has 184 valence electrons. The molecule has 0 unspecified atom stereocenters. The molecule has 2 amide bonds. The molecule has 2 N–H and O–H groups in total. The van der Waals surface area contributed by atoms with Gasteiger partial charge in [0.05, 0.1) is 17.3 Å². The van der Waals surface area contributed by atoms with Gasteiger partial charge in [-0.3, -0.25) is 4.99 Å². The molecule has 37 heavy (non-hydrogen) atoms. The lowest BCUT2D eigenvalue weighted by Gasteiger charge is -2.13. The van der Waals surface area contributed by atoms with Gasteiger partial charge in [-0.2, -0.15) is 10.5 Å². The van der Waals surface area contributed by atoms with E-state index in [1.165, 1.54) is 37.4 Å². The first-order valence-electron chi connectivity index (χ1n) is 10.9. The molecule has 0 spiro atoms. The number of carbonyl (C=O) groups is 1. The van der Waals surface area contributed by atoms with Gasteiger partial charge in [-0.1, -0.05) is 12.6 Å². The molecule has 0 aliphatic rings. The van der Waals surface area contributed by atoms with Crippen molar-refractivity contribution in [2.24, 2.45) is 4.99 Å². The van der Waals surface area contributed by atoms with Gasteiger partial charge in [0.15, 0.2) is 0 Å². The lowest BCUT2D eigenvalue weighted by Crippen LogP contribution is -2.20. The van der Waals surface area contributed by atoms with Crippen molar-refractivity contribution in [3.63, 3.8) is 0 Å². The Labute approximate surface area is 213 Å². The summed E-state index contributed by atoms with van der Waals surface area (Å²) in [5.41, 5.74) is 1.79. The summed E-state index contributed by atoms with van der Waals surface area (Å²) in [5, 5.41) is 22.9. The predicted octanol–water partition coefficient (Wildman–Crippen LogP) is 6.49. The molecule has 3 aromatic carbocycles. The zero-order chi connectivity index (χ0) is 26.8. The van der Waals surface area contributed by atoms with Crippen LogP contribution in [0.1, 0.15) is 11.1 Å². The van der Waals surface area contributed by atoms with E-state index < -0.39 is 11.8 Å². The Morgan fingerprint density at radius 3 is 2.43 bits per heavy atom. The average Bonchev–Trinajstić information content (AvgIpc) is 2.89. The van der Waals surface area contributed by atoms with E-state index in [4.69, 9.17) is 20.0 Å². The van der Waals surface area contributed by atoms with Gasteiger partial charge in [0.1, 0.15) is 40.6 Å². The van der Waals surface area contributed by atoms with Gasteiger partial charge in [0, 0.05) is 24.9 Å². The van der Waals surface area contributed by atoms with Crippen molar-refractivity contribution in [1.29, 1.82) is 10.5 Å². The first-order valence-corrected chi connectivity index (χ1v) is 10.9. The number of halogens is 1. The fraction of sp³-hybridized carbons (Fsp3) is 0.0714. The van der Waals surface area contributed by atoms with E-state index in [2.05, 4.69) is 22.2 Å². The van der Waals surface area contributed by atoms with E-state index in [9.17, 15) is 9.18 Å². The Kier molecular flexibility index (Phi) is 8.74. The van der Waals surface area contributed by atoms with Gasteiger partial charge in [-0.15, -0.1) is 0 Å². The first-order chi connectivity index (χ1) is 17.8. The second-order valence-electron chi connectivity index (χ2n) is 7.56. The Balaban J connectivity index is 1.67. The molecule has 0 atom stereocenters. The molecule has 0 heterocycles. The smallest absolute Gasteiger partial charge is 0.323 e. The number of nitriles is 2. The number of hydrogen-bond acceptors (Lipinski definition) is 6. The highest BCUT2D eigenvalue weighted by atomic mass is 19.1. The molecule has 0 aliphatic heterocycles. The van der Waals surface area contributed by atoms with Crippen molar-refractivity contribution in [3.05, 3.63) is 102 Å². The third-order valence-corrected chi connectivity index (χ3v) is 4.87. The molecular formula is C28H22FN5O3. The molecule has 0 fully saturated rings. The van der Waals surface area contributed by atoms with Crippen LogP contribution < -0.4 is 20.1 Å². The lowest BCUT2D eigenvalue weighted by atomic mass is 10.2. The van der Waals surface area contributed by atoms with Crippen LogP contribution in [0.3, 0.4) is 0 Å². The molecule has 3 rings (SSSR count). The van der Waals surface area contributed by atoms with Crippen LogP contribution in [0.4, 0.5) is 20.6 Å². The maximum absolute atomic E-state index is 14.3. The van der Waals surface area contributed by atoms with Crippen LogP contribution in [0.5, 0.6) is 17.2 Å². The van der Waals surface area contributed by atoms with Crippen LogP contribution >= 0.6 is 0 Å². The molecule has 3 aromatic rings. The number of amides is 2. The number of rotatable bonds is 8. The molecule has 0 radical (unpaired) electrons. The second kappa shape index (κ2) is 12.3. The summed E-state index contributed by atoms with van der Waals surface area (Å²) < 4.78 is 25.8. The zero-order valence-electron chi connectivity index (χ0n) is 20.1. The molecule has 0 saturated heterocycles. The third kappa shape index (κ3) is 7.54. The number of urea groups is 1. The highest BCUT2D eigenvalue weighted by Gasteiger charge is 2.11. The van der Waals surface area contributed by atoms with Crippen LogP contribution in [0.2, 0.25) is 0 Å². The van der Waals surface area contributed by atoms with Gasteiger partial charge in [-0.25, -0.2) is 9.18 Å². The van der Waals surface area contributed by atoms with Crippen LogP contribution in [0, 0.1) is 35.4 Å². The van der Waals surface area contributed by atoms with Gasteiger partial charge in [-0.05, 0) is 67.1 Å². The number of benzene rings is 3. The Bertz CT molecular complexity index is 1460. The quantitative estimate of drug-likeness (QED) is 0.210. The second-order valence-corrected chi connectivity index (χ2v) is 7.56. The molecule has 8 nitrogen and oxygen atoms in total. The fourth-order valence-electron chi connectivity index (χ4n) is 2.98. The number of anilines is 2. The number of carbonyl (C=O) groups excluding carboxylic acids is 1. The summed E-state index contributed by atoms with van der Waals surface area (Å²) in [6, 6.07) is 18.6. The van der Waals surface area contributed by atoms with Gasteiger partial charge in [0.25, 0.3) is 0 Å². The number of aryl methyl sites for hydroxylation is 1. The molecule has 0 bridgehead atoms. The van der Waals surface area contributed by atoms with Gasteiger partial charge in [0.2, 0.25) is 0 Å². The lowest BCUT2D eigenvalue weighted by molar-refractivity contribution is 0.262. The maximum atomic E-state index is 14.3. The summed E-state index contributed by atoms with van der Waals surface area (Å²) in [4.78, 5) is 16.4. The SMILES string of the molecule is C=C(/C=C\C(C#N)=N/C)Oc1cc(NC(=O)Nc2cc(Oc3ccc(C#N)cc3)ccc2F)ccc1C. The molecule has 0 aromatic heterocycles. The summed E-state index contributed by atoms with van der Waals surface area (Å²) in [6.07, 6.45) is 2.98. The predicted molar refractivity (Wildman–Crippen MR) is 139 cm³/mol. The summed E-state index contributed by atoms with van der Waals surface area (Å²) in [6.45, 7) is 5.61. The van der Waals surface area contributed by atoms with Crippen LogP contribution in [0.25, 0.3) is 0 Å². The fourth-order valence-corrected chi connectivity index (χ4v) is 2.98. The highest BCUT2D eigenvalue weighted by molar-refractivity contribution is 6.07. The largest absolute Gasteiger partial charge is 0.458 e. The third-order valence-electron chi connectivity index (χ3n) is 4.87. The van der Waals surface area contributed by atoms with Gasteiger partial charge >= 0.3 is 6.03 Å². The van der Waals surface area contributed by atoms with Crippen molar-refractivity contribution in [1.82, 2.24) is 0 Å². The minimum absolute atomic E-state index is 0.0865. The average molecular weight is 496 g/mol. The molecule has 0 aliphatic carbocycles. The molecular weight excluding hydrogens is 473 g/mol. The maximum Gasteiger partial charge on any atom is 0.323 e. The first kappa shape index (κ1) is 26.2. The van der Waals surface area contributed by atoms with Crippen molar-refractivity contribution >= 4 is 23.1 Å². The Morgan fingerprint density at radius 1 is 1.03 bits per heavy atom. The number of hydrogen-bond donors (Lipinski definition) is 2.